The third-order valence-electron chi connectivity index (χ3n) is 10.1. The first-order chi connectivity index (χ1) is 25.8. The van der Waals surface area contributed by atoms with Crippen LogP contribution in [0.25, 0.3) is 77.1 Å². The second-order valence-corrected chi connectivity index (χ2v) is 13.2. The van der Waals surface area contributed by atoms with Gasteiger partial charge in [0, 0.05) is 49.6 Å². The summed E-state index contributed by atoms with van der Waals surface area (Å²) in [7, 11) is 0. The molecule has 3 nitrogen and oxygen atoms in total. The van der Waals surface area contributed by atoms with Crippen molar-refractivity contribution in [2.45, 2.75) is 0 Å². The molecular formula is C49H32N2O. The van der Waals surface area contributed by atoms with Crippen molar-refractivity contribution < 1.29 is 4.42 Å². The van der Waals surface area contributed by atoms with Crippen molar-refractivity contribution in [2.24, 2.45) is 0 Å². The molecule has 0 aliphatic rings. The smallest absolute Gasteiger partial charge is 0.144 e. The van der Waals surface area contributed by atoms with Crippen LogP contribution in [0.1, 0.15) is 0 Å². The number of fused-ring (bicyclic) bond motifs is 7. The Balaban J connectivity index is 1.12. The van der Waals surface area contributed by atoms with E-state index in [2.05, 4.69) is 187 Å². The molecule has 0 atom stereocenters. The van der Waals surface area contributed by atoms with Gasteiger partial charge in [-0.15, -0.1) is 0 Å². The van der Waals surface area contributed by atoms with Gasteiger partial charge in [0.1, 0.15) is 11.2 Å². The molecule has 0 radical (unpaired) electrons. The van der Waals surface area contributed by atoms with E-state index in [4.69, 9.17) is 9.40 Å². The standard InChI is InChI=1S/C49H32N2O/c1-3-12-33(13-4-1)35-22-26-38(27-23-35)51(40-17-11-16-37(32-40)34-14-5-2-6-15-34)39-28-24-36(25-29-39)48-44-31-30-42-41-18-8-10-21-46(41)52-49(42)47(44)43-19-7-9-20-45(43)50-48/h1-32H. The lowest BCUT2D eigenvalue weighted by molar-refractivity contribution is 0.673. The lowest BCUT2D eigenvalue weighted by Gasteiger charge is -2.26. The Morgan fingerprint density at radius 2 is 0.923 bits per heavy atom. The van der Waals surface area contributed by atoms with Gasteiger partial charge in [0.15, 0.2) is 0 Å². The summed E-state index contributed by atoms with van der Waals surface area (Å²) in [6, 6.07) is 68.5. The van der Waals surface area contributed by atoms with Crippen LogP contribution in [0.2, 0.25) is 0 Å². The highest BCUT2D eigenvalue weighted by molar-refractivity contribution is 6.24. The number of aromatic nitrogens is 1. The van der Waals surface area contributed by atoms with E-state index in [1.807, 2.05) is 12.1 Å². The van der Waals surface area contributed by atoms with Gasteiger partial charge in [0.25, 0.3) is 0 Å². The minimum Gasteiger partial charge on any atom is -0.455 e. The Kier molecular flexibility index (Phi) is 7.14. The first-order valence-corrected chi connectivity index (χ1v) is 17.6. The number of benzene rings is 8. The number of furan rings is 1. The number of nitrogens with zero attached hydrogens (tertiary/aromatic N) is 2. The van der Waals surface area contributed by atoms with Crippen LogP contribution >= 0.6 is 0 Å². The van der Waals surface area contributed by atoms with Gasteiger partial charge in [-0.05, 0) is 76.9 Å². The Morgan fingerprint density at radius 1 is 0.365 bits per heavy atom. The van der Waals surface area contributed by atoms with E-state index in [1.165, 1.54) is 22.3 Å². The Morgan fingerprint density at radius 3 is 1.65 bits per heavy atom. The Hall–Kier alpha value is -6.97. The maximum absolute atomic E-state index is 6.56. The molecule has 0 aliphatic carbocycles. The molecule has 2 aromatic heterocycles. The average Bonchev–Trinajstić information content (AvgIpc) is 3.61. The number of anilines is 3. The summed E-state index contributed by atoms with van der Waals surface area (Å²) < 4.78 is 6.56. The number of pyridine rings is 1. The van der Waals surface area contributed by atoms with Crippen LogP contribution in [0.15, 0.2) is 199 Å². The zero-order valence-electron chi connectivity index (χ0n) is 28.3. The predicted octanol–water partition coefficient (Wildman–Crippen LogP) is 13.8. The maximum atomic E-state index is 6.56. The fourth-order valence-electron chi connectivity index (χ4n) is 7.54. The average molecular weight is 665 g/mol. The van der Waals surface area contributed by atoms with Gasteiger partial charge in [0.2, 0.25) is 0 Å². The van der Waals surface area contributed by atoms with Crippen molar-refractivity contribution >= 4 is 60.7 Å². The molecule has 8 aromatic carbocycles. The molecule has 10 rings (SSSR count). The fraction of sp³-hybridized carbons (Fsp3) is 0. The normalized spacial score (nSPS) is 11.5. The van der Waals surface area contributed by atoms with E-state index in [1.54, 1.807) is 0 Å². The first kappa shape index (κ1) is 29.9. The lowest BCUT2D eigenvalue weighted by atomic mass is 9.97. The summed E-state index contributed by atoms with van der Waals surface area (Å²) in [6.45, 7) is 0. The molecule has 0 fully saturated rings. The second kappa shape index (κ2) is 12.4. The molecule has 0 aliphatic heterocycles. The van der Waals surface area contributed by atoms with Crippen LogP contribution in [0.3, 0.4) is 0 Å². The van der Waals surface area contributed by atoms with Crippen molar-refractivity contribution in [1.29, 1.82) is 0 Å². The van der Waals surface area contributed by atoms with Crippen LogP contribution in [0.4, 0.5) is 17.1 Å². The summed E-state index contributed by atoms with van der Waals surface area (Å²) >= 11 is 0. The molecule has 10 aromatic rings. The summed E-state index contributed by atoms with van der Waals surface area (Å²) in [5.74, 6) is 0. The van der Waals surface area contributed by atoms with Crippen molar-refractivity contribution in [3.63, 3.8) is 0 Å². The molecule has 52 heavy (non-hydrogen) atoms. The van der Waals surface area contributed by atoms with Gasteiger partial charge >= 0.3 is 0 Å². The zero-order valence-corrected chi connectivity index (χ0v) is 28.3. The van der Waals surface area contributed by atoms with Gasteiger partial charge < -0.3 is 9.32 Å². The number of para-hydroxylation sites is 2. The highest BCUT2D eigenvalue weighted by Gasteiger charge is 2.19. The van der Waals surface area contributed by atoms with Crippen LogP contribution in [0, 0.1) is 0 Å². The summed E-state index contributed by atoms with van der Waals surface area (Å²) in [5.41, 5.74) is 12.7. The van der Waals surface area contributed by atoms with Crippen molar-refractivity contribution in [1.82, 2.24) is 4.98 Å². The number of hydrogen-bond acceptors (Lipinski definition) is 3. The highest BCUT2D eigenvalue weighted by atomic mass is 16.3. The molecule has 0 amide bonds. The van der Waals surface area contributed by atoms with Crippen LogP contribution < -0.4 is 4.90 Å². The Bertz CT molecular complexity index is 2880. The van der Waals surface area contributed by atoms with Crippen LogP contribution in [0.5, 0.6) is 0 Å². The van der Waals surface area contributed by atoms with E-state index < -0.39 is 0 Å². The van der Waals surface area contributed by atoms with Gasteiger partial charge in [0.05, 0.1) is 11.2 Å². The number of hydrogen-bond donors (Lipinski definition) is 0. The molecule has 0 N–H and O–H groups in total. The van der Waals surface area contributed by atoms with Crippen molar-refractivity contribution in [2.75, 3.05) is 4.90 Å². The number of rotatable bonds is 6. The van der Waals surface area contributed by atoms with Gasteiger partial charge in [-0.2, -0.15) is 0 Å². The fourth-order valence-corrected chi connectivity index (χ4v) is 7.54. The molecule has 0 spiro atoms. The molecule has 2 heterocycles. The lowest BCUT2D eigenvalue weighted by Crippen LogP contribution is -2.10. The SMILES string of the molecule is c1ccc(-c2ccc(N(c3ccc(-c4nc5ccccc5c5c4ccc4c6ccccc6oc45)cc3)c3cccc(-c4ccccc4)c3)cc2)cc1. The molecule has 3 heteroatoms. The maximum Gasteiger partial charge on any atom is 0.144 e. The van der Waals surface area contributed by atoms with E-state index in [0.717, 1.165) is 71.9 Å². The van der Waals surface area contributed by atoms with Crippen LogP contribution in [-0.2, 0) is 0 Å². The molecule has 0 unspecified atom stereocenters. The predicted molar refractivity (Wildman–Crippen MR) is 218 cm³/mol. The molecule has 0 saturated heterocycles. The van der Waals surface area contributed by atoms with E-state index in [0.29, 0.717) is 0 Å². The Labute approximate surface area is 301 Å². The van der Waals surface area contributed by atoms with Crippen molar-refractivity contribution in [3.05, 3.63) is 194 Å². The minimum atomic E-state index is 0.894. The zero-order chi connectivity index (χ0) is 34.4. The van der Waals surface area contributed by atoms with Gasteiger partial charge in [-0.25, -0.2) is 4.98 Å². The molecular weight excluding hydrogens is 633 g/mol. The highest BCUT2D eigenvalue weighted by Crippen LogP contribution is 2.42. The van der Waals surface area contributed by atoms with E-state index >= 15 is 0 Å². The summed E-state index contributed by atoms with van der Waals surface area (Å²) in [5, 5.41) is 5.50. The quantitative estimate of drug-likeness (QED) is 0.166. The summed E-state index contributed by atoms with van der Waals surface area (Å²) in [6.07, 6.45) is 0. The van der Waals surface area contributed by atoms with E-state index in [9.17, 15) is 0 Å². The monoisotopic (exact) mass is 664 g/mol. The van der Waals surface area contributed by atoms with Gasteiger partial charge in [-0.1, -0.05) is 140 Å². The van der Waals surface area contributed by atoms with Gasteiger partial charge in [-0.3, -0.25) is 0 Å². The molecule has 244 valence electrons. The van der Waals surface area contributed by atoms with E-state index in [-0.39, 0.29) is 0 Å². The first-order valence-electron chi connectivity index (χ1n) is 17.6. The van der Waals surface area contributed by atoms with Crippen molar-refractivity contribution in [3.8, 4) is 33.5 Å². The third kappa shape index (κ3) is 5.10. The van der Waals surface area contributed by atoms with Crippen LogP contribution in [-0.4, -0.2) is 4.98 Å². The largest absolute Gasteiger partial charge is 0.455 e. The molecule has 0 saturated carbocycles. The molecule has 0 bridgehead atoms. The summed E-state index contributed by atoms with van der Waals surface area (Å²) in [4.78, 5) is 7.58. The topological polar surface area (TPSA) is 29.3 Å². The second-order valence-electron chi connectivity index (χ2n) is 13.2. The minimum absolute atomic E-state index is 0.894. The third-order valence-corrected chi connectivity index (χ3v) is 10.1.